The van der Waals surface area contributed by atoms with Gasteiger partial charge >= 0.3 is 0 Å². The number of Topliss-reactive ketones (excluding diaryl/α,β-unsaturated/α-hetero) is 1. The highest BCUT2D eigenvalue weighted by Gasteiger charge is 2.54. The first-order valence-electron chi connectivity index (χ1n) is 16.4. The number of fused-ring (bicyclic) bond motifs is 5. The summed E-state index contributed by atoms with van der Waals surface area (Å²) < 4.78 is 3.20. The average molecular weight is 585 g/mol. The van der Waals surface area contributed by atoms with E-state index >= 15 is 0 Å². The molecular formula is C35H44N4O4. The van der Waals surface area contributed by atoms with Crippen LogP contribution >= 0.6 is 0 Å². The summed E-state index contributed by atoms with van der Waals surface area (Å²) in [6, 6.07) is 13.3. The van der Waals surface area contributed by atoms with Crippen LogP contribution in [0.1, 0.15) is 77.7 Å². The van der Waals surface area contributed by atoms with E-state index in [2.05, 4.69) is 18.7 Å². The Labute approximate surface area is 252 Å². The SMILES string of the molecule is CC1(C)[C@H]2CC[C@@H](CCN3[C@@H]4CCC[C@H]3C[C@@H](n3c(=O)c(-c5cccc(=O)n5CC(=O)CO)nc5ccccc53)C4)[C@@H]1C2. The number of aromatic nitrogens is 3. The number of nitrogens with zero attached hydrogens (tertiary/aromatic N) is 4. The highest BCUT2D eigenvalue weighted by atomic mass is 16.3. The lowest BCUT2D eigenvalue weighted by Gasteiger charge is -2.60. The summed E-state index contributed by atoms with van der Waals surface area (Å²) in [6.07, 6.45) is 10.9. The van der Waals surface area contributed by atoms with Crippen molar-refractivity contribution in [3.05, 3.63) is 63.2 Å². The van der Waals surface area contributed by atoms with Gasteiger partial charge in [-0.1, -0.05) is 38.5 Å². The fraction of sp³-hybridized carbons (Fsp3) is 0.600. The van der Waals surface area contributed by atoms with Crippen LogP contribution in [-0.2, 0) is 11.3 Å². The van der Waals surface area contributed by atoms with E-state index in [9.17, 15) is 19.5 Å². The van der Waals surface area contributed by atoms with Gasteiger partial charge < -0.3 is 9.67 Å². The van der Waals surface area contributed by atoms with E-state index in [0.29, 0.717) is 28.7 Å². The van der Waals surface area contributed by atoms with Crippen LogP contribution in [0.15, 0.2) is 52.1 Å². The van der Waals surface area contributed by atoms with Crippen molar-refractivity contribution in [1.82, 2.24) is 19.0 Å². The smallest absolute Gasteiger partial charge is 0.279 e. The predicted molar refractivity (Wildman–Crippen MR) is 167 cm³/mol. The van der Waals surface area contributed by atoms with Gasteiger partial charge in [-0.15, -0.1) is 0 Å². The second-order valence-corrected chi connectivity index (χ2v) is 14.2. The van der Waals surface area contributed by atoms with Crippen molar-refractivity contribution in [1.29, 1.82) is 0 Å². The number of benzene rings is 1. The van der Waals surface area contributed by atoms with Gasteiger partial charge in [-0.2, -0.15) is 0 Å². The molecule has 0 unspecified atom stereocenters. The molecule has 8 rings (SSSR count). The number of carbonyl (C=O) groups excluding carboxylic acids is 1. The van der Waals surface area contributed by atoms with Crippen molar-refractivity contribution >= 4 is 16.8 Å². The number of hydrogen-bond donors (Lipinski definition) is 1. The van der Waals surface area contributed by atoms with Crippen molar-refractivity contribution < 1.29 is 9.90 Å². The van der Waals surface area contributed by atoms with Gasteiger partial charge in [-0.05, 0) is 99.3 Å². The molecule has 1 N–H and O–H groups in total. The zero-order valence-corrected chi connectivity index (χ0v) is 25.5. The fourth-order valence-electron chi connectivity index (χ4n) is 9.45. The highest BCUT2D eigenvalue weighted by molar-refractivity contribution is 5.80. The largest absolute Gasteiger partial charge is 0.389 e. The van der Waals surface area contributed by atoms with Crippen molar-refractivity contribution in [2.75, 3.05) is 13.2 Å². The van der Waals surface area contributed by atoms with Crippen LogP contribution < -0.4 is 11.1 Å². The minimum atomic E-state index is -0.669. The van der Waals surface area contributed by atoms with E-state index in [-0.39, 0.29) is 23.8 Å². The van der Waals surface area contributed by atoms with Crippen LogP contribution in [0, 0.1) is 23.2 Å². The Kier molecular flexibility index (Phi) is 7.41. The number of piperidine rings is 2. The normalized spacial score (nSPS) is 29.7. The van der Waals surface area contributed by atoms with Gasteiger partial charge in [0.05, 0.1) is 23.3 Å². The van der Waals surface area contributed by atoms with Crippen LogP contribution in [-0.4, -0.2) is 55.1 Å². The lowest BCUT2D eigenvalue weighted by Crippen LogP contribution is -2.55. The minimum absolute atomic E-state index is 0.0367. The van der Waals surface area contributed by atoms with Gasteiger partial charge in [0.25, 0.3) is 11.1 Å². The molecule has 2 aliphatic heterocycles. The van der Waals surface area contributed by atoms with Gasteiger partial charge in [-0.3, -0.25) is 23.9 Å². The van der Waals surface area contributed by atoms with Crippen LogP contribution in [0.3, 0.4) is 0 Å². The van der Waals surface area contributed by atoms with Crippen molar-refractivity contribution in [3.8, 4) is 11.4 Å². The third kappa shape index (κ3) is 4.91. The topological polar surface area (TPSA) is 97.4 Å². The maximum atomic E-state index is 14.4. The minimum Gasteiger partial charge on any atom is -0.389 e. The number of aliphatic hydroxyl groups excluding tert-OH is 1. The first-order chi connectivity index (χ1) is 20.8. The number of para-hydroxylation sites is 2. The molecule has 8 nitrogen and oxygen atoms in total. The molecule has 2 aromatic heterocycles. The Balaban J connectivity index is 1.20. The summed E-state index contributed by atoms with van der Waals surface area (Å²) in [4.78, 5) is 46.9. The number of aliphatic hydroxyl groups is 1. The molecule has 8 heteroatoms. The van der Waals surface area contributed by atoms with Crippen molar-refractivity contribution in [2.45, 2.75) is 96.3 Å². The summed E-state index contributed by atoms with van der Waals surface area (Å²) in [7, 11) is 0. The molecule has 3 aliphatic carbocycles. The van der Waals surface area contributed by atoms with E-state index in [4.69, 9.17) is 4.98 Å². The molecule has 5 fully saturated rings. The summed E-state index contributed by atoms with van der Waals surface area (Å²) in [5.41, 5.74) is 1.88. The molecule has 3 aromatic rings. The number of carbonyl (C=O) groups is 1. The molecule has 0 spiro atoms. The van der Waals surface area contributed by atoms with Crippen LogP contribution in [0.5, 0.6) is 0 Å². The summed E-state index contributed by atoms with van der Waals surface area (Å²) >= 11 is 0. The van der Waals surface area contributed by atoms with E-state index in [1.165, 1.54) is 55.6 Å². The first kappa shape index (κ1) is 28.7. The Morgan fingerprint density at radius 1 is 0.953 bits per heavy atom. The highest BCUT2D eigenvalue weighted by Crippen LogP contribution is 2.62. The summed E-state index contributed by atoms with van der Waals surface area (Å²) in [5.74, 6) is 2.16. The molecule has 1 aromatic carbocycles. The predicted octanol–water partition coefficient (Wildman–Crippen LogP) is 4.81. The molecule has 5 aliphatic rings. The Hall–Kier alpha value is -3.10. The third-order valence-electron chi connectivity index (χ3n) is 11.8. The molecule has 3 saturated carbocycles. The van der Waals surface area contributed by atoms with E-state index < -0.39 is 17.9 Å². The maximum Gasteiger partial charge on any atom is 0.279 e. The van der Waals surface area contributed by atoms with Gasteiger partial charge in [0.15, 0.2) is 11.5 Å². The van der Waals surface area contributed by atoms with Crippen LogP contribution in [0.4, 0.5) is 0 Å². The molecule has 0 radical (unpaired) electrons. The molecule has 4 heterocycles. The lowest BCUT2D eigenvalue weighted by molar-refractivity contribution is -0.122. The van der Waals surface area contributed by atoms with Gasteiger partial charge in [-0.25, -0.2) is 4.98 Å². The molecule has 228 valence electrons. The quantitative estimate of drug-likeness (QED) is 0.408. The Bertz CT molecular complexity index is 1640. The monoisotopic (exact) mass is 584 g/mol. The number of hydrogen-bond acceptors (Lipinski definition) is 6. The fourth-order valence-corrected chi connectivity index (χ4v) is 9.45. The Morgan fingerprint density at radius 2 is 1.72 bits per heavy atom. The van der Waals surface area contributed by atoms with Gasteiger partial charge in [0.1, 0.15) is 6.61 Å². The van der Waals surface area contributed by atoms with Gasteiger partial charge in [0, 0.05) is 24.2 Å². The standard InChI is InChI=1S/C35H44N4O4/c1-35(2)23-14-13-22(28(35)17-23)15-16-37-24-7-5-8-25(37)19-26(18-24)39-30-10-4-3-9-29(30)36-33(34(39)43)31-11-6-12-32(42)38(31)20-27(41)21-40/h3-4,6,9-12,22-26,28,40H,5,7-8,13-21H2,1-2H3/t22-,23-,24-,25+,26+,28-/m0/s1. The molecule has 43 heavy (non-hydrogen) atoms. The summed E-state index contributed by atoms with van der Waals surface area (Å²) in [5, 5.41) is 9.36. The van der Waals surface area contributed by atoms with E-state index in [1.807, 2.05) is 28.8 Å². The molecule has 4 bridgehead atoms. The van der Waals surface area contributed by atoms with E-state index in [1.54, 1.807) is 12.1 Å². The molecule has 0 amide bonds. The average Bonchev–Trinajstić information content (AvgIpc) is 3.00. The third-order valence-corrected chi connectivity index (χ3v) is 11.8. The second-order valence-electron chi connectivity index (χ2n) is 14.2. The van der Waals surface area contributed by atoms with Crippen LogP contribution in [0.25, 0.3) is 22.4 Å². The Morgan fingerprint density at radius 3 is 2.44 bits per heavy atom. The number of rotatable bonds is 8. The zero-order chi connectivity index (χ0) is 29.9. The van der Waals surface area contributed by atoms with Crippen LogP contribution in [0.2, 0.25) is 0 Å². The van der Waals surface area contributed by atoms with E-state index in [0.717, 1.165) is 42.7 Å². The number of pyridine rings is 1. The second kappa shape index (κ2) is 11.1. The van der Waals surface area contributed by atoms with Gasteiger partial charge in [0.2, 0.25) is 0 Å². The van der Waals surface area contributed by atoms with Crippen molar-refractivity contribution in [3.63, 3.8) is 0 Å². The first-order valence-corrected chi connectivity index (χ1v) is 16.4. The molecular weight excluding hydrogens is 540 g/mol. The summed E-state index contributed by atoms with van der Waals surface area (Å²) in [6.45, 7) is 5.17. The number of ketones is 1. The lowest BCUT2D eigenvalue weighted by atomic mass is 9.45. The molecule has 6 atom stereocenters. The zero-order valence-electron chi connectivity index (χ0n) is 25.5. The maximum absolute atomic E-state index is 14.4. The molecule has 2 saturated heterocycles. The van der Waals surface area contributed by atoms with Crippen molar-refractivity contribution in [2.24, 2.45) is 23.2 Å².